The Morgan fingerprint density at radius 3 is 2.47 bits per heavy atom. The lowest BCUT2D eigenvalue weighted by molar-refractivity contribution is -0.136. The monoisotopic (exact) mass is 466 g/mol. The molecule has 32 heavy (non-hydrogen) atoms. The third kappa shape index (κ3) is 4.50. The molecule has 0 saturated carbocycles. The van der Waals surface area contributed by atoms with E-state index in [-0.39, 0.29) is 46.7 Å². The van der Waals surface area contributed by atoms with Crippen LogP contribution in [0.1, 0.15) is 26.5 Å². The molecule has 0 spiro atoms. The molecule has 0 unspecified atom stereocenters. The fourth-order valence-corrected chi connectivity index (χ4v) is 3.27. The van der Waals surface area contributed by atoms with Crippen LogP contribution < -0.4 is 20.1 Å². The van der Waals surface area contributed by atoms with Crippen molar-refractivity contribution >= 4 is 34.8 Å². The fourth-order valence-electron chi connectivity index (χ4n) is 3.00. The maximum absolute atomic E-state index is 13.6. The largest absolute Gasteiger partial charge is 0.486 e. The highest BCUT2D eigenvalue weighted by molar-refractivity contribution is 6.32. The second kappa shape index (κ2) is 8.46. The van der Waals surface area contributed by atoms with Crippen molar-refractivity contribution in [2.24, 2.45) is 0 Å². The van der Waals surface area contributed by atoms with Crippen LogP contribution in [0.2, 0.25) is 5.02 Å². The van der Waals surface area contributed by atoms with Gasteiger partial charge in [0.2, 0.25) is 0 Å². The normalized spacial score (nSPS) is 12.9. The molecule has 2 heterocycles. The number of furan rings is 1. The number of fused-ring (bicyclic) bond motifs is 1. The van der Waals surface area contributed by atoms with Gasteiger partial charge in [0.15, 0.2) is 17.3 Å². The fraction of sp³-hybridized carbons (Fsp3) is 0.143. The van der Waals surface area contributed by atoms with Gasteiger partial charge < -0.3 is 24.5 Å². The molecule has 2 amide bonds. The van der Waals surface area contributed by atoms with Gasteiger partial charge in [-0.3, -0.25) is 9.59 Å². The van der Waals surface area contributed by atoms with Crippen LogP contribution in [0.15, 0.2) is 53.1 Å². The molecule has 2 aromatic carbocycles. The first-order valence-corrected chi connectivity index (χ1v) is 9.57. The molecule has 0 aliphatic carbocycles. The molecule has 0 fully saturated rings. The summed E-state index contributed by atoms with van der Waals surface area (Å²) in [4.78, 5) is 24.7. The molecule has 11 heteroatoms. The second-order valence-corrected chi connectivity index (χ2v) is 7.03. The predicted octanol–water partition coefficient (Wildman–Crippen LogP) is 5.23. The summed E-state index contributed by atoms with van der Waals surface area (Å²) in [7, 11) is 0. The number of nitrogens with one attached hydrogen (secondary N) is 2. The van der Waals surface area contributed by atoms with Crippen LogP contribution >= 0.6 is 11.6 Å². The molecule has 0 bridgehead atoms. The summed E-state index contributed by atoms with van der Waals surface area (Å²) >= 11 is 6.10. The molecule has 166 valence electrons. The van der Waals surface area contributed by atoms with Gasteiger partial charge in [0.05, 0.1) is 22.5 Å². The van der Waals surface area contributed by atoms with Crippen molar-refractivity contribution in [1.82, 2.24) is 0 Å². The molecule has 0 atom stereocenters. The molecule has 0 radical (unpaired) electrons. The van der Waals surface area contributed by atoms with Gasteiger partial charge in [-0.1, -0.05) is 11.6 Å². The number of halogens is 4. The average Bonchev–Trinajstić information content (AvgIpc) is 3.29. The first kappa shape index (κ1) is 21.6. The Balaban J connectivity index is 1.59. The van der Waals surface area contributed by atoms with E-state index in [1.165, 1.54) is 36.6 Å². The van der Waals surface area contributed by atoms with E-state index in [1.807, 2.05) is 0 Å². The Hall–Kier alpha value is -3.66. The van der Waals surface area contributed by atoms with Crippen LogP contribution in [0.3, 0.4) is 0 Å². The van der Waals surface area contributed by atoms with Gasteiger partial charge in [-0.15, -0.1) is 0 Å². The zero-order chi connectivity index (χ0) is 22.9. The maximum Gasteiger partial charge on any atom is 0.418 e. The van der Waals surface area contributed by atoms with Crippen molar-refractivity contribution in [1.29, 1.82) is 0 Å². The van der Waals surface area contributed by atoms with E-state index < -0.39 is 29.2 Å². The van der Waals surface area contributed by atoms with Gasteiger partial charge in [-0.2, -0.15) is 13.2 Å². The van der Waals surface area contributed by atoms with Gasteiger partial charge in [0.1, 0.15) is 13.2 Å². The van der Waals surface area contributed by atoms with Crippen LogP contribution in [-0.2, 0) is 6.18 Å². The Morgan fingerprint density at radius 2 is 1.75 bits per heavy atom. The number of anilines is 2. The van der Waals surface area contributed by atoms with E-state index in [0.717, 1.165) is 6.07 Å². The zero-order valence-electron chi connectivity index (χ0n) is 16.1. The van der Waals surface area contributed by atoms with E-state index in [9.17, 15) is 22.8 Å². The number of rotatable bonds is 4. The first-order chi connectivity index (χ1) is 15.2. The lowest BCUT2D eigenvalue weighted by Crippen LogP contribution is -2.19. The van der Waals surface area contributed by atoms with Crippen molar-refractivity contribution in [3.8, 4) is 11.5 Å². The van der Waals surface area contributed by atoms with E-state index in [4.69, 9.17) is 25.5 Å². The van der Waals surface area contributed by atoms with Gasteiger partial charge in [0.25, 0.3) is 11.8 Å². The minimum Gasteiger partial charge on any atom is -0.486 e. The molecular weight excluding hydrogens is 453 g/mol. The van der Waals surface area contributed by atoms with E-state index in [1.54, 1.807) is 0 Å². The lowest BCUT2D eigenvalue weighted by atomic mass is 10.1. The summed E-state index contributed by atoms with van der Waals surface area (Å²) in [6, 6.07) is 8.43. The molecule has 1 aliphatic rings. The number of hydrogen-bond acceptors (Lipinski definition) is 5. The Morgan fingerprint density at radius 1 is 0.969 bits per heavy atom. The molecule has 2 N–H and O–H groups in total. The minimum absolute atomic E-state index is 0.0115. The van der Waals surface area contributed by atoms with Gasteiger partial charge in [-0.25, -0.2) is 0 Å². The first-order valence-electron chi connectivity index (χ1n) is 9.19. The SMILES string of the molecule is O=C(Nc1ccc(NC(=O)c2ccco2)cc1C(F)(F)F)c1cc(Cl)c2c(c1)OCCO2. The van der Waals surface area contributed by atoms with Crippen LogP contribution in [0, 0.1) is 0 Å². The van der Waals surface area contributed by atoms with Crippen LogP contribution in [0.5, 0.6) is 11.5 Å². The van der Waals surface area contributed by atoms with Crippen molar-refractivity contribution < 1.29 is 36.7 Å². The van der Waals surface area contributed by atoms with Crippen molar-refractivity contribution in [2.75, 3.05) is 23.8 Å². The highest BCUT2D eigenvalue weighted by atomic mass is 35.5. The number of benzene rings is 2. The quantitative estimate of drug-likeness (QED) is 0.549. The molecule has 3 aromatic rings. The number of carbonyl (C=O) groups is 2. The number of carbonyl (C=O) groups excluding carboxylic acids is 2. The van der Waals surface area contributed by atoms with Crippen molar-refractivity contribution in [2.45, 2.75) is 6.18 Å². The third-order valence-corrected chi connectivity index (χ3v) is 4.72. The number of hydrogen-bond donors (Lipinski definition) is 2. The highest BCUT2D eigenvalue weighted by Crippen LogP contribution is 2.40. The Kier molecular flexibility index (Phi) is 5.70. The zero-order valence-corrected chi connectivity index (χ0v) is 16.8. The Bertz CT molecular complexity index is 1180. The summed E-state index contributed by atoms with van der Waals surface area (Å²) in [5.74, 6) is -1.12. The Labute approximate surface area is 184 Å². The number of ether oxygens (including phenoxy) is 2. The van der Waals surface area contributed by atoms with Crippen LogP contribution in [0.25, 0.3) is 0 Å². The number of amides is 2. The topological polar surface area (TPSA) is 89.8 Å². The van der Waals surface area contributed by atoms with Crippen LogP contribution in [0.4, 0.5) is 24.5 Å². The summed E-state index contributed by atoms with van der Waals surface area (Å²) in [5.41, 5.74) is -1.78. The summed E-state index contributed by atoms with van der Waals surface area (Å²) in [5, 5.41) is 4.64. The molecule has 0 saturated heterocycles. The van der Waals surface area contributed by atoms with Crippen molar-refractivity contribution in [3.63, 3.8) is 0 Å². The smallest absolute Gasteiger partial charge is 0.418 e. The number of alkyl halides is 3. The second-order valence-electron chi connectivity index (χ2n) is 6.63. The van der Waals surface area contributed by atoms with Gasteiger partial charge in [-0.05, 0) is 42.5 Å². The third-order valence-electron chi connectivity index (χ3n) is 4.44. The highest BCUT2D eigenvalue weighted by Gasteiger charge is 2.35. The van der Waals surface area contributed by atoms with Crippen molar-refractivity contribution in [3.05, 3.63) is 70.6 Å². The van der Waals surface area contributed by atoms with Gasteiger partial charge in [0, 0.05) is 11.3 Å². The van der Waals surface area contributed by atoms with E-state index >= 15 is 0 Å². The summed E-state index contributed by atoms with van der Waals surface area (Å²) < 4.78 is 56.6. The standard InChI is InChI=1S/C21H14ClF3N2O5/c22-14-8-11(9-17-18(14)32-7-6-31-17)19(28)27-15-4-3-12(10-13(15)21(23,24)25)26-20(29)16-2-1-5-30-16/h1-5,8-10H,6-7H2,(H,26,29)(H,27,28). The summed E-state index contributed by atoms with van der Waals surface area (Å²) in [6.45, 7) is 0.536. The minimum atomic E-state index is -4.81. The van der Waals surface area contributed by atoms with Gasteiger partial charge >= 0.3 is 6.18 Å². The predicted molar refractivity (Wildman–Crippen MR) is 109 cm³/mol. The average molecular weight is 467 g/mol. The van der Waals surface area contributed by atoms with E-state index in [2.05, 4.69) is 10.6 Å². The van der Waals surface area contributed by atoms with E-state index in [0.29, 0.717) is 6.07 Å². The lowest BCUT2D eigenvalue weighted by Gasteiger charge is -2.20. The molecule has 1 aliphatic heterocycles. The molecule has 7 nitrogen and oxygen atoms in total. The molecular formula is C21H14ClF3N2O5. The van der Waals surface area contributed by atoms with Crippen LogP contribution in [-0.4, -0.2) is 25.0 Å². The maximum atomic E-state index is 13.6. The molecule has 1 aromatic heterocycles. The molecule has 4 rings (SSSR count). The summed E-state index contributed by atoms with van der Waals surface area (Å²) in [6.07, 6.45) is -3.54.